The van der Waals surface area contributed by atoms with E-state index in [1.807, 2.05) is 0 Å². The number of benzene rings is 1. The molecule has 0 spiro atoms. The summed E-state index contributed by atoms with van der Waals surface area (Å²) in [5, 5.41) is 3.81. The summed E-state index contributed by atoms with van der Waals surface area (Å²) in [6.07, 6.45) is 3.57. The van der Waals surface area contributed by atoms with Gasteiger partial charge in [0.15, 0.2) is 0 Å². The van der Waals surface area contributed by atoms with Gasteiger partial charge in [0.25, 0.3) is 5.91 Å². The maximum atomic E-state index is 12.1. The van der Waals surface area contributed by atoms with Crippen LogP contribution in [0.3, 0.4) is 0 Å². The van der Waals surface area contributed by atoms with Crippen LogP contribution < -0.4 is 5.32 Å². The predicted octanol–water partition coefficient (Wildman–Crippen LogP) is 3.89. The molecule has 0 heterocycles. The van der Waals surface area contributed by atoms with Crippen molar-refractivity contribution >= 4 is 17.5 Å². The molecule has 0 saturated heterocycles. The van der Waals surface area contributed by atoms with Crippen LogP contribution in [0.15, 0.2) is 24.3 Å². The van der Waals surface area contributed by atoms with Crippen LogP contribution in [0, 0.1) is 11.8 Å². The van der Waals surface area contributed by atoms with E-state index in [1.165, 1.54) is 12.8 Å². The van der Waals surface area contributed by atoms with Crippen molar-refractivity contribution in [3.05, 3.63) is 34.9 Å². The number of amides is 1. The minimum atomic E-state index is 0.0117. The second-order valence-electron chi connectivity index (χ2n) is 5.35. The zero-order valence-corrected chi connectivity index (χ0v) is 11.7. The minimum absolute atomic E-state index is 0.0117. The standard InChI is InChI=1S/C15H20ClNO/c1-10-4-3-5-14(11(10)2)17-15(18)12-6-8-13(16)9-7-12/h6-11,14H,3-5H2,1-2H3,(H,17,18)/t10-,11-,14-/m1/s1. The number of halogens is 1. The molecule has 0 aromatic heterocycles. The average molecular weight is 266 g/mol. The molecule has 0 bridgehead atoms. The first-order valence-corrected chi connectivity index (χ1v) is 7.02. The quantitative estimate of drug-likeness (QED) is 0.863. The number of hydrogen-bond acceptors (Lipinski definition) is 1. The van der Waals surface area contributed by atoms with Crippen molar-refractivity contribution in [2.75, 3.05) is 0 Å². The first-order valence-electron chi connectivity index (χ1n) is 6.64. The van der Waals surface area contributed by atoms with Gasteiger partial charge < -0.3 is 5.32 Å². The van der Waals surface area contributed by atoms with Gasteiger partial charge in [0.05, 0.1) is 0 Å². The van der Waals surface area contributed by atoms with Gasteiger partial charge in [-0.05, 0) is 42.5 Å². The topological polar surface area (TPSA) is 29.1 Å². The Labute approximate surface area is 114 Å². The van der Waals surface area contributed by atoms with Crippen molar-refractivity contribution in [2.24, 2.45) is 11.8 Å². The van der Waals surface area contributed by atoms with Crippen LogP contribution in [0.4, 0.5) is 0 Å². The summed E-state index contributed by atoms with van der Waals surface area (Å²) in [5.74, 6) is 1.25. The second-order valence-corrected chi connectivity index (χ2v) is 5.79. The molecule has 98 valence electrons. The molecule has 1 amide bonds. The highest BCUT2D eigenvalue weighted by molar-refractivity contribution is 6.30. The molecule has 1 aliphatic carbocycles. The lowest BCUT2D eigenvalue weighted by Crippen LogP contribution is -2.43. The van der Waals surface area contributed by atoms with E-state index in [2.05, 4.69) is 19.2 Å². The van der Waals surface area contributed by atoms with Crippen molar-refractivity contribution in [2.45, 2.75) is 39.2 Å². The van der Waals surface area contributed by atoms with Crippen molar-refractivity contribution < 1.29 is 4.79 Å². The fourth-order valence-corrected chi connectivity index (χ4v) is 2.76. The van der Waals surface area contributed by atoms with Gasteiger partial charge in [-0.15, -0.1) is 0 Å². The first kappa shape index (κ1) is 13.4. The molecule has 1 N–H and O–H groups in total. The van der Waals surface area contributed by atoms with Crippen LogP contribution in [0.2, 0.25) is 5.02 Å². The molecule has 3 atom stereocenters. The summed E-state index contributed by atoms with van der Waals surface area (Å²) in [6.45, 7) is 4.50. The molecule has 0 unspecified atom stereocenters. The van der Waals surface area contributed by atoms with Crippen molar-refractivity contribution in [3.8, 4) is 0 Å². The van der Waals surface area contributed by atoms with Crippen molar-refractivity contribution in [1.82, 2.24) is 5.32 Å². The highest BCUT2D eigenvalue weighted by Crippen LogP contribution is 2.29. The van der Waals surface area contributed by atoms with Crippen LogP contribution in [0.1, 0.15) is 43.5 Å². The SMILES string of the molecule is C[C@@H]1[C@H](C)CCC[C@H]1NC(=O)c1ccc(Cl)cc1. The third kappa shape index (κ3) is 3.05. The van der Waals surface area contributed by atoms with Gasteiger partial charge in [-0.1, -0.05) is 38.3 Å². The van der Waals surface area contributed by atoms with E-state index in [0.29, 0.717) is 28.5 Å². The zero-order chi connectivity index (χ0) is 13.1. The summed E-state index contributed by atoms with van der Waals surface area (Å²) >= 11 is 5.82. The Morgan fingerprint density at radius 2 is 1.89 bits per heavy atom. The molecule has 3 heteroatoms. The molecule has 1 saturated carbocycles. The Morgan fingerprint density at radius 1 is 1.22 bits per heavy atom. The molecule has 0 aliphatic heterocycles. The monoisotopic (exact) mass is 265 g/mol. The lowest BCUT2D eigenvalue weighted by Gasteiger charge is -2.34. The van der Waals surface area contributed by atoms with Crippen LogP contribution in [0.5, 0.6) is 0 Å². The molecule has 2 rings (SSSR count). The van der Waals surface area contributed by atoms with Crippen molar-refractivity contribution in [3.63, 3.8) is 0 Å². The average Bonchev–Trinajstić information content (AvgIpc) is 2.36. The molecule has 1 fully saturated rings. The van der Waals surface area contributed by atoms with Gasteiger partial charge >= 0.3 is 0 Å². The Morgan fingerprint density at radius 3 is 2.56 bits per heavy atom. The molecular formula is C15H20ClNO. The lowest BCUT2D eigenvalue weighted by molar-refractivity contribution is 0.0891. The zero-order valence-electron chi connectivity index (χ0n) is 10.9. The van der Waals surface area contributed by atoms with Gasteiger partial charge in [-0.25, -0.2) is 0 Å². The van der Waals surface area contributed by atoms with Crippen LogP contribution >= 0.6 is 11.6 Å². The van der Waals surface area contributed by atoms with E-state index >= 15 is 0 Å². The number of hydrogen-bond donors (Lipinski definition) is 1. The smallest absolute Gasteiger partial charge is 0.251 e. The normalized spacial score (nSPS) is 27.8. The fraction of sp³-hybridized carbons (Fsp3) is 0.533. The molecular weight excluding hydrogens is 246 g/mol. The first-order chi connectivity index (χ1) is 8.58. The van der Waals surface area contributed by atoms with E-state index in [-0.39, 0.29) is 5.91 Å². The van der Waals surface area contributed by atoms with Gasteiger partial charge in [0.2, 0.25) is 0 Å². The summed E-state index contributed by atoms with van der Waals surface area (Å²) < 4.78 is 0. The van der Waals surface area contributed by atoms with Gasteiger partial charge in [-0.2, -0.15) is 0 Å². The third-order valence-electron chi connectivity index (χ3n) is 4.13. The second kappa shape index (κ2) is 5.75. The maximum absolute atomic E-state index is 12.1. The Balaban J connectivity index is 2.00. The molecule has 0 radical (unpaired) electrons. The number of carbonyl (C=O) groups is 1. The molecule has 2 nitrogen and oxygen atoms in total. The predicted molar refractivity (Wildman–Crippen MR) is 74.9 cm³/mol. The summed E-state index contributed by atoms with van der Waals surface area (Å²) in [6, 6.07) is 7.35. The fourth-order valence-electron chi connectivity index (χ4n) is 2.64. The van der Waals surface area contributed by atoms with Crippen LogP contribution in [-0.2, 0) is 0 Å². The summed E-state index contributed by atoms with van der Waals surface area (Å²) in [4.78, 5) is 12.1. The van der Waals surface area contributed by atoms with Gasteiger partial charge in [0, 0.05) is 16.6 Å². The van der Waals surface area contributed by atoms with E-state index in [0.717, 1.165) is 6.42 Å². The van der Waals surface area contributed by atoms with Gasteiger partial charge in [0.1, 0.15) is 0 Å². The van der Waals surface area contributed by atoms with Crippen molar-refractivity contribution in [1.29, 1.82) is 0 Å². The van der Waals surface area contributed by atoms with Gasteiger partial charge in [-0.3, -0.25) is 4.79 Å². The van der Waals surface area contributed by atoms with E-state index in [1.54, 1.807) is 24.3 Å². The van der Waals surface area contributed by atoms with Crippen LogP contribution in [0.25, 0.3) is 0 Å². The Hall–Kier alpha value is -1.02. The Kier molecular flexibility index (Phi) is 4.28. The van der Waals surface area contributed by atoms with E-state index in [4.69, 9.17) is 11.6 Å². The molecule has 1 aromatic rings. The number of rotatable bonds is 2. The minimum Gasteiger partial charge on any atom is -0.349 e. The lowest BCUT2D eigenvalue weighted by atomic mass is 9.78. The molecule has 1 aliphatic rings. The summed E-state index contributed by atoms with van der Waals surface area (Å²) in [7, 11) is 0. The highest BCUT2D eigenvalue weighted by atomic mass is 35.5. The number of nitrogens with one attached hydrogen (secondary N) is 1. The van der Waals surface area contributed by atoms with E-state index < -0.39 is 0 Å². The van der Waals surface area contributed by atoms with E-state index in [9.17, 15) is 4.79 Å². The van der Waals surface area contributed by atoms with Crippen LogP contribution in [-0.4, -0.2) is 11.9 Å². The largest absolute Gasteiger partial charge is 0.349 e. The maximum Gasteiger partial charge on any atom is 0.251 e. The number of carbonyl (C=O) groups excluding carboxylic acids is 1. The summed E-state index contributed by atoms with van der Waals surface area (Å²) in [5.41, 5.74) is 0.685. The molecule has 18 heavy (non-hydrogen) atoms. The third-order valence-corrected chi connectivity index (χ3v) is 4.38. The Bertz CT molecular complexity index is 415. The highest BCUT2D eigenvalue weighted by Gasteiger charge is 2.28. The molecule has 1 aromatic carbocycles.